The average Bonchev–Trinajstić information content (AvgIpc) is 3.32. The van der Waals surface area contributed by atoms with Crippen molar-refractivity contribution in [2.75, 3.05) is 18.8 Å². The average molecular weight is 320 g/mol. The van der Waals surface area contributed by atoms with Crippen LogP contribution >= 0.6 is 23.5 Å². The van der Waals surface area contributed by atoms with E-state index in [1.807, 2.05) is 29.7 Å². The van der Waals surface area contributed by atoms with E-state index in [4.69, 9.17) is 0 Å². The third-order valence-electron chi connectivity index (χ3n) is 4.58. The van der Waals surface area contributed by atoms with E-state index in [1.54, 1.807) is 0 Å². The van der Waals surface area contributed by atoms with Gasteiger partial charge in [-0.1, -0.05) is 42.1 Å². The number of hydrogen-bond acceptors (Lipinski definition) is 5. The standard InChI is InChI=1S/C16H20N2OS2/c19-16(13-6-2-1-3-7-13)11-20-15-14(21-15)18(16)10-12-5-4-8-17-9-12/h1-4,6,8,12-13,17,19H,5,7,9-11H2. The van der Waals surface area contributed by atoms with Crippen molar-refractivity contribution in [2.45, 2.75) is 18.6 Å². The Morgan fingerprint density at radius 1 is 1.33 bits per heavy atom. The van der Waals surface area contributed by atoms with Crippen LogP contribution in [0.5, 0.6) is 0 Å². The molecule has 2 N–H and O–H groups in total. The van der Waals surface area contributed by atoms with E-state index in [0.717, 1.165) is 31.7 Å². The van der Waals surface area contributed by atoms with Crippen molar-refractivity contribution in [3.05, 3.63) is 45.8 Å². The number of nitrogens with zero attached hydrogens (tertiary/aromatic N) is 1. The highest BCUT2D eigenvalue weighted by molar-refractivity contribution is 8.30. The Morgan fingerprint density at radius 2 is 2.29 bits per heavy atom. The molecule has 4 rings (SSSR count). The highest BCUT2D eigenvalue weighted by atomic mass is 32.2. The van der Waals surface area contributed by atoms with Crippen LogP contribution in [0.4, 0.5) is 0 Å². The molecule has 112 valence electrons. The van der Waals surface area contributed by atoms with Crippen LogP contribution in [-0.2, 0) is 0 Å². The van der Waals surface area contributed by atoms with Gasteiger partial charge in [0.1, 0.15) is 0 Å². The van der Waals surface area contributed by atoms with Gasteiger partial charge in [-0.05, 0) is 25.0 Å². The van der Waals surface area contributed by atoms with Crippen LogP contribution in [-0.4, -0.2) is 34.6 Å². The fourth-order valence-electron chi connectivity index (χ4n) is 3.28. The number of rotatable bonds is 3. The van der Waals surface area contributed by atoms with Crippen molar-refractivity contribution in [1.82, 2.24) is 10.2 Å². The first-order valence-corrected chi connectivity index (χ1v) is 9.34. The minimum atomic E-state index is -0.741. The Bertz CT molecular complexity index is 554. The summed E-state index contributed by atoms with van der Waals surface area (Å²) in [6, 6.07) is 0. The fourth-order valence-corrected chi connectivity index (χ4v) is 5.63. The van der Waals surface area contributed by atoms with Crippen molar-refractivity contribution in [3.63, 3.8) is 0 Å². The van der Waals surface area contributed by atoms with Gasteiger partial charge in [0.25, 0.3) is 0 Å². The molecule has 0 bridgehead atoms. The molecule has 0 amide bonds. The molecule has 0 aromatic rings. The zero-order chi connectivity index (χ0) is 14.3. The molecule has 3 heterocycles. The maximum absolute atomic E-state index is 11.4. The van der Waals surface area contributed by atoms with E-state index in [1.165, 1.54) is 9.27 Å². The number of thioether (sulfide) groups is 2. The Labute approximate surface area is 134 Å². The lowest BCUT2D eigenvalue weighted by atomic mass is 9.88. The predicted molar refractivity (Wildman–Crippen MR) is 90.4 cm³/mol. The second-order valence-corrected chi connectivity index (χ2v) is 8.28. The van der Waals surface area contributed by atoms with Gasteiger partial charge < -0.3 is 15.3 Å². The van der Waals surface area contributed by atoms with E-state index in [2.05, 4.69) is 40.6 Å². The van der Waals surface area contributed by atoms with Crippen LogP contribution in [0.2, 0.25) is 0 Å². The zero-order valence-corrected chi connectivity index (χ0v) is 13.5. The largest absolute Gasteiger partial charge is 0.391 e. The molecule has 21 heavy (non-hydrogen) atoms. The van der Waals surface area contributed by atoms with Gasteiger partial charge in [-0.2, -0.15) is 0 Å². The van der Waals surface area contributed by atoms with Gasteiger partial charge in [-0.25, -0.2) is 0 Å². The molecule has 3 aliphatic heterocycles. The number of allylic oxidation sites excluding steroid dienone is 4. The Balaban J connectivity index is 1.56. The first-order chi connectivity index (χ1) is 10.3. The van der Waals surface area contributed by atoms with Crippen LogP contribution < -0.4 is 5.32 Å². The number of hydrogen-bond donors (Lipinski definition) is 2. The van der Waals surface area contributed by atoms with Gasteiger partial charge in [0.15, 0.2) is 5.72 Å². The molecule has 5 heteroatoms. The monoisotopic (exact) mass is 320 g/mol. The number of nitrogens with one attached hydrogen (secondary N) is 1. The van der Waals surface area contributed by atoms with Crippen LogP contribution in [0.15, 0.2) is 45.8 Å². The molecular weight excluding hydrogens is 300 g/mol. The normalized spacial score (nSPS) is 37.5. The Kier molecular flexibility index (Phi) is 3.59. The molecule has 0 saturated heterocycles. The summed E-state index contributed by atoms with van der Waals surface area (Å²) in [6.07, 6.45) is 14.8. The second kappa shape index (κ2) is 5.45. The lowest BCUT2D eigenvalue weighted by Gasteiger charge is -2.46. The molecule has 3 nitrogen and oxygen atoms in total. The van der Waals surface area contributed by atoms with Gasteiger partial charge in [-0.3, -0.25) is 0 Å². The van der Waals surface area contributed by atoms with Crippen LogP contribution in [0.3, 0.4) is 0 Å². The van der Waals surface area contributed by atoms with Gasteiger partial charge >= 0.3 is 0 Å². The molecular formula is C16H20N2OS2. The molecule has 3 unspecified atom stereocenters. The maximum Gasteiger partial charge on any atom is 0.154 e. The van der Waals surface area contributed by atoms with Gasteiger partial charge in [-0.15, -0.1) is 11.8 Å². The summed E-state index contributed by atoms with van der Waals surface area (Å²) < 4.78 is 1.41. The van der Waals surface area contributed by atoms with Crippen molar-refractivity contribution >= 4 is 23.5 Å². The van der Waals surface area contributed by atoms with Crippen molar-refractivity contribution in [1.29, 1.82) is 0 Å². The topological polar surface area (TPSA) is 35.5 Å². The van der Waals surface area contributed by atoms with Crippen molar-refractivity contribution < 1.29 is 5.11 Å². The minimum absolute atomic E-state index is 0.192. The first-order valence-electron chi connectivity index (χ1n) is 7.54. The molecule has 0 spiro atoms. The molecule has 1 aliphatic carbocycles. The van der Waals surface area contributed by atoms with E-state index in [0.29, 0.717) is 5.92 Å². The van der Waals surface area contributed by atoms with E-state index >= 15 is 0 Å². The number of aliphatic hydroxyl groups is 1. The zero-order valence-electron chi connectivity index (χ0n) is 11.9. The van der Waals surface area contributed by atoms with E-state index < -0.39 is 5.72 Å². The third-order valence-corrected chi connectivity index (χ3v) is 7.13. The smallest absolute Gasteiger partial charge is 0.154 e. The second-order valence-electron chi connectivity index (χ2n) is 6.04. The molecule has 0 aromatic carbocycles. The highest BCUT2D eigenvalue weighted by Gasteiger charge is 2.51. The molecule has 0 aromatic heterocycles. The van der Waals surface area contributed by atoms with Gasteiger partial charge in [0, 0.05) is 24.8 Å². The SMILES string of the molecule is OC1(C2C=CC=CC2)CSC2=C(S2)N1CC1CC=CNC1. The summed E-state index contributed by atoms with van der Waals surface area (Å²) in [6.45, 7) is 1.94. The van der Waals surface area contributed by atoms with Gasteiger partial charge in [0.05, 0.1) is 9.27 Å². The summed E-state index contributed by atoms with van der Waals surface area (Å²) in [4.78, 5) is 2.29. The predicted octanol–water partition coefficient (Wildman–Crippen LogP) is 2.85. The van der Waals surface area contributed by atoms with E-state index in [-0.39, 0.29) is 5.92 Å². The quantitative estimate of drug-likeness (QED) is 0.836. The van der Waals surface area contributed by atoms with Crippen LogP contribution in [0, 0.1) is 11.8 Å². The lowest BCUT2D eigenvalue weighted by molar-refractivity contribution is -0.101. The molecule has 0 radical (unpaired) electrons. The summed E-state index contributed by atoms with van der Waals surface area (Å²) in [5, 5.41) is 16.0. The van der Waals surface area contributed by atoms with Crippen molar-refractivity contribution in [3.8, 4) is 0 Å². The van der Waals surface area contributed by atoms with Crippen molar-refractivity contribution in [2.24, 2.45) is 11.8 Å². The minimum Gasteiger partial charge on any atom is -0.391 e. The fraction of sp³-hybridized carbons (Fsp3) is 0.500. The third kappa shape index (κ3) is 2.56. The summed E-state index contributed by atoms with van der Waals surface area (Å²) in [7, 11) is 0. The van der Waals surface area contributed by atoms with Crippen LogP contribution in [0.1, 0.15) is 12.8 Å². The Hall–Kier alpha value is -0.780. The highest BCUT2D eigenvalue weighted by Crippen LogP contribution is 2.61. The maximum atomic E-state index is 11.4. The molecule has 0 saturated carbocycles. The summed E-state index contributed by atoms with van der Waals surface area (Å²) in [5.74, 6) is 1.54. The van der Waals surface area contributed by atoms with Gasteiger partial charge in [0.2, 0.25) is 0 Å². The lowest BCUT2D eigenvalue weighted by Crippen LogP contribution is -2.56. The Morgan fingerprint density at radius 3 is 3.05 bits per heavy atom. The molecule has 0 fully saturated rings. The molecule has 4 aliphatic rings. The van der Waals surface area contributed by atoms with Crippen LogP contribution in [0.25, 0.3) is 0 Å². The van der Waals surface area contributed by atoms with E-state index in [9.17, 15) is 5.11 Å². The first kappa shape index (κ1) is 13.9. The summed E-state index contributed by atoms with van der Waals surface area (Å²) >= 11 is 3.67. The molecule has 3 atom stereocenters. The summed E-state index contributed by atoms with van der Waals surface area (Å²) in [5.41, 5.74) is -0.741.